The van der Waals surface area contributed by atoms with E-state index in [9.17, 15) is 0 Å². The van der Waals surface area contributed by atoms with Crippen LogP contribution >= 0.6 is 0 Å². The Hall–Kier alpha value is -0.820. The molecule has 106 valence electrons. The third-order valence-electron chi connectivity index (χ3n) is 4.60. The molecule has 1 N–H and O–H groups in total. The summed E-state index contributed by atoms with van der Waals surface area (Å²) in [5.41, 5.74) is 3.07. The average molecular weight is 259 g/mol. The summed E-state index contributed by atoms with van der Waals surface area (Å²) in [5.74, 6) is 0.830. The fraction of sp³-hybridized carbons (Fsp3) is 0.667. The summed E-state index contributed by atoms with van der Waals surface area (Å²) >= 11 is 0. The quantitative estimate of drug-likeness (QED) is 0.820. The fourth-order valence-electron chi connectivity index (χ4n) is 3.08. The highest BCUT2D eigenvalue weighted by Gasteiger charge is 2.24. The van der Waals surface area contributed by atoms with Gasteiger partial charge < -0.3 is 5.32 Å². The number of rotatable bonds is 3. The summed E-state index contributed by atoms with van der Waals surface area (Å²) in [6.07, 6.45) is 4.10. The van der Waals surface area contributed by atoms with Crippen LogP contribution in [0.2, 0.25) is 0 Å². The van der Waals surface area contributed by atoms with E-state index in [1.807, 2.05) is 0 Å². The van der Waals surface area contributed by atoms with Crippen molar-refractivity contribution >= 4 is 0 Å². The lowest BCUT2D eigenvalue weighted by atomic mass is 9.86. The molecule has 1 heteroatoms. The number of hydrogen-bond donors (Lipinski definition) is 1. The van der Waals surface area contributed by atoms with Gasteiger partial charge in [-0.1, -0.05) is 58.4 Å². The number of benzene rings is 1. The van der Waals surface area contributed by atoms with Crippen molar-refractivity contribution in [3.05, 3.63) is 35.4 Å². The van der Waals surface area contributed by atoms with Crippen molar-refractivity contribution < 1.29 is 0 Å². The normalized spacial score (nSPS) is 25.5. The van der Waals surface area contributed by atoms with Gasteiger partial charge in [-0.3, -0.25) is 0 Å². The molecule has 1 saturated carbocycles. The first-order chi connectivity index (χ1) is 8.88. The highest BCUT2D eigenvalue weighted by atomic mass is 15.0. The van der Waals surface area contributed by atoms with Gasteiger partial charge in [0.1, 0.15) is 0 Å². The largest absolute Gasteiger partial charge is 0.307 e. The predicted molar refractivity (Wildman–Crippen MR) is 83.5 cm³/mol. The Morgan fingerprint density at radius 3 is 2.21 bits per heavy atom. The molecule has 0 spiro atoms. The van der Waals surface area contributed by atoms with Gasteiger partial charge in [-0.2, -0.15) is 0 Å². The highest BCUT2D eigenvalue weighted by molar-refractivity contribution is 5.29. The molecule has 19 heavy (non-hydrogen) atoms. The van der Waals surface area contributed by atoms with E-state index in [0.29, 0.717) is 12.1 Å². The van der Waals surface area contributed by atoms with Crippen molar-refractivity contribution in [3.8, 4) is 0 Å². The molecule has 0 saturated heterocycles. The monoisotopic (exact) mass is 259 g/mol. The first-order valence-corrected chi connectivity index (χ1v) is 7.74. The van der Waals surface area contributed by atoms with E-state index in [-0.39, 0.29) is 5.41 Å². The third kappa shape index (κ3) is 3.60. The minimum atomic E-state index is 0.245. The summed E-state index contributed by atoms with van der Waals surface area (Å²) in [5, 5.41) is 3.80. The Balaban J connectivity index is 2.01. The smallest absolute Gasteiger partial charge is 0.0294 e. The Morgan fingerprint density at radius 1 is 1.11 bits per heavy atom. The maximum absolute atomic E-state index is 3.80. The van der Waals surface area contributed by atoms with Crippen molar-refractivity contribution in [1.29, 1.82) is 0 Å². The molecular formula is C18H29N. The summed E-state index contributed by atoms with van der Waals surface area (Å²) in [7, 11) is 0. The van der Waals surface area contributed by atoms with Crippen molar-refractivity contribution in [3.63, 3.8) is 0 Å². The molecule has 0 heterocycles. The Kier molecular flexibility index (Phi) is 4.35. The van der Waals surface area contributed by atoms with Gasteiger partial charge >= 0.3 is 0 Å². The van der Waals surface area contributed by atoms with Gasteiger partial charge in [0.2, 0.25) is 0 Å². The van der Waals surface area contributed by atoms with Crippen LogP contribution in [0.1, 0.15) is 71.0 Å². The van der Waals surface area contributed by atoms with Crippen molar-refractivity contribution in [2.75, 3.05) is 0 Å². The van der Waals surface area contributed by atoms with Crippen LogP contribution in [0.3, 0.4) is 0 Å². The van der Waals surface area contributed by atoms with Crippen LogP contribution < -0.4 is 5.32 Å². The van der Waals surface area contributed by atoms with E-state index in [2.05, 4.69) is 64.2 Å². The maximum Gasteiger partial charge on any atom is 0.0294 e. The van der Waals surface area contributed by atoms with Crippen molar-refractivity contribution in [1.82, 2.24) is 5.32 Å². The maximum atomic E-state index is 3.80. The molecule has 0 aliphatic heterocycles. The molecule has 0 radical (unpaired) electrons. The Labute approximate surface area is 118 Å². The minimum Gasteiger partial charge on any atom is -0.307 e. The Morgan fingerprint density at radius 2 is 1.74 bits per heavy atom. The second-order valence-electron chi connectivity index (χ2n) is 7.28. The van der Waals surface area contributed by atoms with Crippen LogP contribution in [0, 0.1) is 5.92 Å². The van der Waals surface area contributed by atoms with E-state index >= 15 is 0 Å². The van der Waals surface area contributed by atoms with Crippen LogP contribution in [0.5, 0.6) is 0 Å². The van der Waals surface area contributed by atoms with Crippen LogP contribution in [-0.2, 0) is 5.41 Å². The van der Waals surface area contributed by atoms with E-state index < -0.39 is 0 Å². The van der Waals surface area contributed by atoms with Gasteiger partial charge in [0.25, 0.3) is 0 Å². The van der Waals surface area contributed by atoms with Crippen LogP contribution in [0.4, 0.5) is 0 Å². The van der Waals surface area contributed by atoms with Gasteiger partial charge in [0, 0.05) is 12.1 Å². The number of hydrogen-bond acceptors (Lipinski definition) is 1. The zero-order valence-electron chi connectivity index (χ0n) is 13.2. The lowest BCUT2D eigenvalue weighted by Crippen LogP contribution is -2.33. The molecule has 1 aromatic rings. The molecule has 0 amide bonds. The van der Waals surface area contributed by atoms with Gasteiger partial charge in [-0.05, 0) is 42.2 Å². The van der Waals surface area contributed by atoms with E-state index in [1.165, 1.54) is 30.4 Å². The molecule has 1 aliphatic carbocycles. The number of nitrogens with one attached hydrogen (secondary N) is 1. The summed E-state index contributed by atoms with van der Waals surface area (Å²) in [4.78, 5) is 0. The lowest BCUT2D eigenvalue weighted by molar-refractivity contribution is 0.388. The van der Waals surface area contributed by atoms with Crippen molar-refractivity contribution in [2.24, 2.45) is 5.92 Å². The standard InChI is InChI=1S/C18H29N/c1-13-7-6-8-17(13)19-14(2)15-9-11-16(12-10-15)18(3,4)5/h9-14,17,19H,6-8H2,1-5H3. The van der Waals surface area contributed by atoms with Gasteiger partial charge in [0.15, 0.2) is 0 Å². The molecule has 0 bridgehead atoms. The van der Waals surface area contributed by atoms with E-state index in [0.717, 1.165) is 5.92 Å². The van der Waals surface area contributed by atoms with Gasteiger partial charge in [0.05, 0.1) is 0 Å². The average Bonchev–Trinajstić information content (AvgIpc) is 2.74. The van der Waals surface area contributed by atoms with Gasteiger partial charge in [-0.15, -0.1) is 0 Å². The molecule has 1 aromatic carbocycles. The molecule has 1 aliphatic rings. The summed E-state index contributed by atoms with van der Waals surface area (Å²) < 4.78 is 0. The molecule has 1 nitrogen and oxygen atoms in total. The molecule has 3 atom stereocenters. The van der Waals surface area contributed by atoms with Gasteiger partial charge in [-0.25, -0.2) is 0 Å². The molecular weight excluding hydrogens is 230 g/mol. The second kappa shape index (κ2) is 5.66. The molecule has 0 aromatic heterocycles. The SMILES string of the molecule is CC(NC1CCCC1C)c1ccc(C(C)(C)C)cc1. The second-order valence-corrected chi connectivity index (χ2v) is 7.28. The third-order valence-corrected chi connectivity index (χ3v) is 4.60. The zero-order valence-corrected chi connectivity index (χ0v) is 13.2. The first-order valence-electron chi connectivity index (χ1n) is 7.74. The van der Waals surface area contributed by atoms with Crippen LogP contribution in [0.25, 0.3) is 0 Å². The molecule has 2 rings (SSSR count). The van der Waals surface area contributed by atoms with Crippen LogP contribution in [-0.4, -0.2) is 6.04 Å². The molecule has 3 unspecified atom stereocenters. The topological polar surface area (TPSA) is 12.0 Å². The Bertz CT molecular complexity index is 399. The van der Waals surface area contributed by atoms with Crippen LogP contribution in [0.15, 0.2) is 24.3 Å². The fourth-order valence-corrected chi connectivity index (χ4v) is 3.08. The summed E-state index contributed by atoms with van der Waals surface area (Å²) in [6.45, 7) is 11.5. The van der Waals surface area contributed by atoms with E-state index in [4.69, 9.17) is 0 Å². The first kappa shape index (κ1) is 14.6. The zero-order chi connectivity index (χ0) is 14.0. The molecule has 1 fully saturated rings. The minimum absolute atomic E-state index is 0.245. The van der Waals surface area contributed by atoms with Crippen molar-refractivity contribution in [2.45, 2.75) is 71.4 Å². The highest BCUT2D eigenvalue weighted by Crippen LogP contribution is 2.28. The predicted octanol–water partition coefficient (Wildman–Crippen LogP) is 4.82. The van der Waals surface area contributed by atoms with E-state index in [1.54, 1.807) is 0 Å². The lowest BCUT2D eigenvalue weighted by Gasteiger charge is -2.24. The summed E-state index contributed by atoms with van der Waals surface area (Å²) in [6, 6.07) is 10.3.